The Morgan fingerprint density at radius 2 is 1.96 bits per heavy atom. The Labute approximate surface area is 143 Å². The Morgan fingerprint density at radius 3 is 2.58 bits per heavy atom. The minimum Gasteiger partial charge on any atom is -0.302 e. The van der Waals surface area contributed by atoms with Crippen LogP contribution in [-0.4, -0.2) is 46.0 Å². The van der Waals surface area contributed by atoms with Crippen molar-refractivity contribution in [2.45, 2.75) is 25.5 Å². The van der Waals surface area contributed by atoms with E-state index in [4.69, 9.17) is 5.53 Å². The Balaban J connectivity index is 1.69. The van der Waals surface area contributed by atoms with Crippen molar-refractivity contribution in [3.63, 3.8) is 0 Å². The number of hydrogen-bond donors (Lipinski definition) is 1. The fourth-order valence-corrected chi connectivity index (χ4v) is 3.99. The Kier molecular flexibility index (Phi) is 7.05. The lowest BCUT2D eigenvalue weighted by molar-refractivity contribution is 0.190. The summed E-state index contributed by atoms with van der Waals surface area (Å²) in [4.78, 5) is 5.05. The Bertz CT molecular complexity index is 660. The fourth-order valence-electron chi connectivity index (χ4n) is 2.86. The summed E-state index contributed by atoms with van der Waals surface area (Å²) in [5.41, 5.74) is 10.3. The van der Waals surface area contributed by atoms with Crippen LogP contribution in [0.5, 0.6) is 0 Å². The van der Waals surface area contributed by atoms with Crippen LogP contribution in [0.25, 0.3) is 10.4 Å². The van der Waals surface area contributed by atoms with Crippen molar-refractivity contribution in [2.75, 3.05) is 32.7 Å². The molecular formula is C16H25N5O2S. The molecule has 0 bridgehead atoms. The number of likely N-dealkylation sites (tertiary alicyclic amines) is 1. The highest BCUT2D eigenvalue weighted by Crippen LogP contribution is 2.17. The maximum absolute atomic E-state index is 12.1. The molecule has 0 saturated carbocycles. The van der Waals surface area contributed by atoms with Crippen molar-refractivity contribution in [3.05, 3.63) is 45.8 Å². The van der Waals surface area contributed by atoms with Crippen LogP contribution in [0.4, 0.5) is 0 Å². The SMILES string of the molecule is Cc1ccc(CS(=O)(=O)NCCN2CCC(CN=[N+]=[N-])CC2)cc1. The van der Waals surface area contributed by atoms with E-state index in [-0.39, 0.29) is 5.75 Å². The van der Waals surface area contributed by atoms with Gasteiger partial charge in [-0.15, -0.1) is 0 Å². The van der Waals surface area contributed by atoms with Gasteiger partial charge in [0.2, 0.25) is 10.0 Å². The van der Waals surface area contributed by atoms with Crippen molar-refractivity contribution in [1.82, 2.24) is 9.62 Å². The molecule has 24 heavy (non-hydrogen) atoms. The summed E-state index contributed by atoms with van der Waals surface area (Å²) in [6.07, 6.45) is 1.99. The summed E-state index contributed by atoms with van der Waals surface area (Å²) in [6, 6.07) is 7.54. The smallest absolute Gasteiger partial charge is 0.215 e. The Hall–Kier alpha value is -1.60. The van der Waals surface area contributed by atoms with Gasteiger partial charge < -0.3 is 4.90 Å². The zero-order valence-corrected chi connectivity index (χ0v) is 14.9. The van der Waals surface area contributed by atoms with E-state index in [1.165, 1.54) is 0 Å². The van der Waals surface area contributed by atoms with E-state index in [9.17, 15) is 8.42 Å². The van der Waals surface area contributed by atoms with Crippen LogP contribution in [0.15, 0.2) is 29.4 Å². The third-order valence-corrected chi connectivity index (χ3v) is 5.69. The second-order valence-corrected chi connectivity index (χ2v) is 8.14. The van der Waals surface area contributed by atoms with Gasteiger partial charge in [0.05, 0.1) is 5.75 Å². The fraction of sp³-hybridized carbons (Fsp3) is 0.625. The highest BCUT2D eigenvalue weighted by atomic mass is 32.2. The van der Waals surface area contributed by atoms with Crippen LogP contribution in [-0.2, 0) is 15.8 Å². The number of sulfonamides is 1. The third-order valence-electron chi connectivity index (χ3n) is 4.34. The van der Waals surface area contributed by atoms with Gasteiger partial charge in [-0.25, -0.2) is 13.1 Å². The summed E-state index contributed by atoms with van der Waals surface area (Å²) in [7, 11) is -3.30. The topological polar surface area (TPSA) is 98.2 Å². The van der Waals surface area contributed by atoms with Gasteiger partial charge >= 0.3 is 0 Å². The van der Waals surface area contributed by atoms with E-state index < -0.39 is 10.0 Å². The van der Waals surface area contributed by atoms with Gasteiger partial charge in [-0.1, -0.05) is 34.9 Å². The molecule has 0 spiro atoms. The molecule has 1 saturated heterocycles. The molecule has 1 heterocycles. The maximum Gasteiger partial charge on any atom is 0.215 e. The number of piperidine rings is 1. The first-order valence-corrected chi connectivity index (χ1v) is 9.90. The summed E-state index contributed by atoms with van der Waals surface area (Å²) < 4.78 is 26.9. The van der Waals surface area contributed by atoms with Crippen LogP contribution in [0.3, 0.4) is 0 Å². The molecule has 1 N–H and O–H groups in total. The first-order chi connectivity index (χ1) is 11.5. The largest absolute Gasteiger partial charge is 0.302 e. The van der Waals surface area contributed by atoms with E-state index in [2.05, 4.69) is 19.6 Å². The molecule has 0 unspecified atom stereocenters. The van der Waals surface area contributed by atoms with E-state index in [1.807, 2.05) is 31.2 Å². The van der Waals surface area contributed by atoms with Gasteiger partial charge in [-0.2, -0.15) is 0 Å². The number of nitrogens with zero attached hydrogens (tertiary/aromatic N) is 4. The van der Waals surface area contributed by atoms with Gasteiger partial charge in [-0.05, 0) is 49.9 Å². The van der Waals surface area contributed by atoms with Crippen LogP contribution in [0.2, 0.25) is 0 Å². The average molecular weight is 351 g/mol. The number of hydrogen-bond acceptors (Lipinski definition) is 4. The third kappa shape index (κ3) is 6.49. The molecule has 7 nitrogen and oxygen atoms in total. The molecule has 0 amide bonds. The van der Waals surface area contributed by atoms with Gasteiger partial charge in [0.15, 0.2) is 0 Å². The lowest BCUT2D eigenvalue weighted by atomic mass is 9.97. The number of nitrogens with one attached hydrogen (secondary N) is 1. The molecule has 1 aliphatic rings. The van der Waals surface area contributed by atoms with Crippen LogP contribution >= 0.6 is 0 Å². The molecule has 132 valence electrons. The van der Waals surface area contributed by atoms with E-state index in [1.54, 1.807) is 0 Å². The lowest BCUT2D eigenvalue weighted by Gasteiger charge is -2.31. The van der Waals surface area contributed by atoms with Gasteiger partial charge in [-0.3, -0.25) is 0 Å². The van der Waals surface area contributed by atoms with E-state index in [0.717, 1.165) is 37.1 Å². The van der Waals surface area contributed by atoms with Crippen LogP contribution in [0, 0.1) is 12.8 Å². The standard InChI is InChI=1S/C16H25N5O2S/c1-14-2-4-16(5-3-14)13-24(22,23)19-8-11-21-9-6-15(7-10-21)12-18-20-17/h2-5,15,19H,6-13H2,1H3. The second-order valence-electron chi connectivity index (χ2n) is 6.34. The van der Waals surface area contributed by atoms with Crippen molar-refractivity contribution in [1.29, 1.82) is 0 Å². The molecule has 0 atom stereocenters. The molecule has 8 heteroatoms. The zero-order chi connectivity index (χ0) is 17.4. The average Bonchev–Trinajstić information content (AvgIpc) is 2.56. The van der Waals surface area contributed by atoms with Crippen LogP contribution in [0.1, 0.15) is 24.0 Å². The summed E-state index contributed by atoms with van der Waals surface area (Å²) in [6.45, 7) is 5.52. The van der Waals surface area contributed by atoms with Gasteiger partial charge in [0, 0.05) is 24.5 Å². The van der Waals surface area contributed by atoms with Crippen molar-refractivity contribution in [3.8, 4) is 0 Å². The quantitative estimate of drug-likeness (QED) is 0.442. The summed E-state index contributed by atoms with van der Waals surface area (Å²) in [5.74, 6) is 0.469. The summed E-state index contributed by atoms with van der Waals surface area (Å²) in [5, 5.41) is 3.63. The number of rotatable bonds is 8. The zero-order valence-electron chi connectivity index (χ0n) is 14.1. The number of aryl methyl sites for hydroxylation is 1. The molecule has 2 rings (SSSR count). The molecule has 0 aromatic heterocycles. The monoisotopic (exact) mass is 351 g/mol. The van der Waals surface area contributed by atoms with Crippen molar-refractivity contribution < 1.29 is 8.42 Å². The molecule has 1 aliphatic heterocycles. The van der Waals surface area contributed by atoms with E-state index >= 15 is 0 Å². The van der Waals surface area contributed by atoms with Gasteiger partial charge in [0.25, 0.3) is 0 Å². The molecule has 0 radical (unpaired) electrons. The first-order valence-electron chi connectivity index (χ1n) is 8.24. The van der Waals surface area contributed by atoms with Gasteiger partial charge in [0.1, 0.15) is 0 Å². The van der Waals surface area contributed by atoms with Crippen molar-refractivity contribution in [2.24, 2.45) is 11.0 Å². The highest BCUT2D eigenvalue weighted by Gasteiger charge is 2.19. The number of benzene rings is 1. The van der Waals surface area contributed by atoms with E-state index in [0.29, 0.717) is 25.6 Å². The minimum atomic E-state index is -3.30. The van der Waals surface area contributed by atoms with Crippen LogP contribution < -0.4 is 4.72 Å². The highest BCUT2D eigenvalue weighted by molar-refractivity contribution is 7.88. The van der Waals surface area contributed by atoms with Crippen molar-refractivity contribution >= 4 is 10.0 Å². The maximum atomic E-state index is 12.1. The number of azide groups is 1. The predicted molar refractivity (Wildman–Crippen MR) is 95.0 cm³/mol. The molecule has 1 fully saturated rings. The first kappa shape index (κ1) is 18.7. The second kappa shape index (κ2) is 9.03. The Morgan fingerprint density at radius 1 is 1.29 bits per heavy atom. The molecular weight excluding hydrogens is 326 g/mol. The normalized spacial score (nSPS) is 16.7. The predicted octanol–water partition coefficient (Wildman–Crippen LogP) is 2.44. The molecule has 1 aromatic carbocycles. The molecule has 1 aromatic rings. The minimum absolute atomic E-state index is 0.0154. The molecule has 0 aliphatic carbocycles. The summed E-state index contributed by atoms with van der Waals surface area (Å²) >= 11 is 0. The lowest BCUT2D eigenvalue weighted by Crippen LogP contribution is -2.40.